The van der Waals surface area contributed by atoms with E-state index in [0.29, 0.717) is 17.0 Å². The minimum absolute atomic E-state index is 0.0930. The van der Waals surface area contributed by atoms with Crippen molar-refractivity contribution < 1.29 is 13.9 Å². The van der Waals surface area contributed by atoms with E-state index in [4.69, 9.17) is 15.2 Å². The monoisotopic (exact) mass is 339 g/mol. The quantitative estimate of drug-likeness (QED) is 0.854. The molecule has 20 heavy (non-hydrogen) atoms. The highest BCUT2D eigenvalue weighted by molar-refractivity contribution is 9.10. The molecule has 0 heterocycles. The average molecular weight is 340 g/mol. The van der Waals surface area contributed by atoms with Gasteiger partial charge in [-0.15, -0.1) is 0 Å². The molecule has 0 atom stereocenters. The molecular weight excluding hydrogens is 325 g/mol. The predicted molar refractivity (Wildman–Crippen MR) is 80.6 cm³/mol. The van der Waals surface area contributed by atoms with Crippen molar-refractivity contribution in [1.29, 1.82) is 0 Å². The van der Waals surface area contributed by atoms with Gasteiger partial charge in [0.05, 0.1) is 12.8 Å². The minimum Gasteiger partial charge on any atom is -0.494 e. The molecule has 2 aromatic rings. The molecule has 0 amide bonds. The van der Waals surface area contributed by atoms with Crippen LogP contribution in [0.5, 0.6) is 11.5 Å². The van der Waals surface area contributed by atoms with Gasteiger partial charge in [-0.1, -0.05) is 28.1 Å². The van der Waals surface area contributed by atoms with Gasteiger partial charge in [0.15, 0.2) is 11.6 Å². The summed E-state index contributed by atoms with van der Waals surface area (Å²) in [5.74, 6) is 0.352. The summed E-state index contributed by atoms with van der Waals surface area (Å²) in [5, 5.41) is 0. The highest BCUT2D eigenvalue weighted by Crippen LogP contribution is 2.31. The van der Waals surface area contributed by atoms with Gasteiger partial charge in [0, 0.05) is 10.0 Å². The molecule has 2 rings (SSSR count). The number of aryl methyl sites for hydroxylation is 1. The molecule has 0 aromatic heterocycles. The van der Waals surface area contributed by atoms with Crippen LogP contribution in [-0.4, -0.2) is 7.11 Å². The van der Waals surface area contributed by atoms with Crippen LogP contribution in [0.2, 0.25) is 0 Å². The zero-order valence-electron chi connectivity index (χ0n) is 11.2. The Hall–Kier alpha value is -1.75. The van der Waals surface area contributed by atoms with Crippen LogP contribution in [0.15, 0.2) is 34.8 Å². The maximum absolute atomic E-state index is 14.0. The predicted octanol–water partition coefficient (Wildman–Crippen LogP) is 4.07. The molecule has 0 unspecified atom stereocenters. The maximum atomic E-state index is 14.0. The number of anilines is 1. The molecule has 0 spiro atoms. The summed E-state index contributed by atoms with van der Waals surface area (Å²) in [6.45, 7) is 1.98. The number of methoxy groups -OCH3 is 1. The second kappa shape index (κ2) is 6.13. The van der Waals surface area contributed by atoms with Crippen LogP contribution < -0.4 is 15.2 Å². The molecule has 0 radical (unpaired) electrons. The Morgan fingerprint density at radius 3 is 2.70 bits per heavy atom. The number of benzene rings is 2. The van der Waals surface area contributed by atoms with E-state index in [1.165, 1.54) is 7.11 Å². The van der Waals surface area contributed by atoms with Crippen LogP contribution >= 0.6 is 15.9 Å². The lowest BCUT2D eigenvalue weighted by Crippen LogP contribution is -2.03. The highest BCUT2D eigenvalue weighted by Gasteiger charge is 2.11. The molecule has 0 aliphatic rings. The third kappa shape index (κ3) is 3.04. The fourth-order valence-corrected chi connectivity index (χ4v) is 2.52. The van der Waals surface area contributed by atoms with Crippen molar-refractivity contribution >= 4 is 21.6 Å². The van der Waals surface area contributed by atoms with E-state index in [-0.39, 0.29) is 12.4 Å². The first-order valence-corrected chi connectivity index (χ1v) is 6.82. The van der Waals surface area contributed by atoms with Crippen LogP contribution in [0.3, 0.4) is 0 Å². The van der Waals surface area contributed by atoms with Crippen molar-refractivity contribution in [3.63, 3.8) is 0 Å². The third-order valence-corrected chi connectivity index (χ3v) is 3.36. The Kier molecular flexibility index (Phi) is 4.49. The first-order chi connectivity index (χ1) is 9.52. The lowest BCUT2D eigenvalue weighted by Gasteiger charge is -2.13. The number of nitrogen functional groups attached to an aromatic ring is 1. The zero-order chi connectivity index (χ0) is 14.7. The molecule has 0 fully saturated rings. The number of nitrogens with two attached hydrogens (primary N) is 1. The molecule has 0 saturated heterocycles. The van der Waals surface area contributed by atoms with E-state index in [9.17, 15) is 4.39 Å². The highest BCUT2D eigenvalue weighted by atomic mass is 79.9. The number of hydrogen-bond donors (Lipinski definition) is 1. The average Bonchev–Trinajstić information content (AvgIpc) is 2.39. The minimum atomic E-state index is -0.414. The molecule has 3 nitrogen and oxygen atoms in total. The summed E-state index contributed by atoms with van der Waals surface area (Å²) in [6, 6.07) is 8.59. The van der Waals surface area contributed by atoms with Gasteiger partial charge in [-0.2, -0.15) is 0 Å². The Labute approximate surface area is 125 Å². The smallest absolute Gasteiger partial charge is 0.171 e. The van der Waals surface area contributed by atoms with E-state index < -0.39 is 5.82 Å². The third-order valence-electron chi connectivity index (χ3n) is 2.90. The lowest BCUT2D eigenvalue weighted by molar-refractivity contribution is 0.295. The van der Waals surface area contributed by atoms with Gasteiger partial charge in [0.25, 0.3) is 0 Å². The van der Waals surface area contributed by atoms with E-state index in [1.54, 1.807) is 24.3 Å². The van der Waals surface area contributed by atoms with Crippen LogP contribution in [0.4, 0.5) is 10.1 Å². The molecular formula is C15H15BrFNO2. The van der Waals surface area contributed by atoms with Crippen molar-refractivity contribution in [2.45, 2.75) is 13.5 Å². The van der Waals surface area contributed by atoms with Crippen molar-refractivity contribution in [2.24, 2.45) is 0 Å². The second-order valence-corrected chi connectivity index (χ2v) is 5.28. The molecule has 0 aliphatic heterocycles. The lowest BCUT2D eigenvalue weighted by atomic mass is 10.2. The van der Waals surface area contributed by atoms with Gasteiger partial charge >= 0.3 is 0 Å². The van der Waals surface area contributed by atoms with Crippen molar-refractivity contribution in [3.8, 4) is 11.5 Å². The zero-order valence-corrected chi connectivity index (χ0v) is 12.8. The van der Waals surface area contributed by atoms with Gasteiger partial charge in [0.1, 0.15) is 12.4 Å². The van der Waals surface area contributed by atoms with E-state index in [2.05, 4.69) is 15.9 Å². The van der Waals surface area contributed by atoms with Crippen molar-refractivity contribution in [3.05, 3.63) is 51.7 Å². The first kappa shape index (κ1) is 14.7. The van der Waals surface area contributed by atoms with Gasteiger partial charge < -0.3 is 15.2 Å². The number of hydrogen-bond acceptors (Lipinski definition) is 3. The summed E-state index contributed by atoms with van der Waals surface area (Å²) in [6.07, 6.45) is 0. The summed E-state index contributed by atoms with van der Waals surface area (Å²) in [5.41, 5.74) is 7.73. The maximum Gasteiger partial charge on any atom is 0.171 e. The van der Waals surface area contributed by atoms with Crippen LogP contribution in [0.25, 0.3) is 0 Å². The first-order valence-electron chi connectivity index (χ1n) is 6.02. The van der Waals surface area contributed by atoms with E-state index in [1.807, 2.05) is 13.0 Å². The largest absolute Gasteiger partial charge is 0.494 e. The van der Waals surface area contributed by atoms with Gasteiger partial charge in [-0.3, -0.25) is 0 Å². The van der Waals surface area contributed by atoms with Crippen LogP contribution in [-0.2, 0) is 6.61 Å². The molecule has 0 bridgehead atoms. The topological polar surface area (TPSA) is 44.5 Å². The number of halogens is 2. The molecule has 0 saturated carbocycles. The molecule has 5 heteroatoms. The fourth-order valence-electron chi connectivity index (χ4n) is 1.93. The summed E-state index contributed by atoms with van der Waals surface area (Å²) >= 11 is 3.36. The summed E-state index contributed by atoms with van der Waals surface area (Å²) in [7, 11) is 1.43. The Morgan fingerprint density at radius 2 is 2.05 bits per heavy atom. The molecule has 106 valence electrons. The second-order valence-electron chi connectivity index (χ2n) is 4.36. The standard InChI is InChI=1S/C15H15BrFNO2/c1-9-6-11(16)7-12(18)15(9)20-8-10-4-3-5-13(19-2)14(10)17/h3-7H,8,18H2,1-2H3. The normalized spacial score (nSPS) is 10.4. The van der Waals surface area contributed by atoms with Crippen molar-refractivity contribution in [1.82, 2.24) is 0 Å². The number of ether oxygens (including phenoxy) is 2. The summed E-state index contributed by atoms with van der Waals surface area (Å²) < 4.78 is 25.5. The van der Waals surface area contributed by atoms with Gasteiger partial charge in [-0.25, -0.2) is 4.39 Å². The Morgan fingerprint density at radius 1 is 1.30 bits per heavy atom. The van der Waals surface area contributed by atoms with Crippen molar-refractivity contribution in [2.75, 3.05) is 12.8 Å². The molecule has 0 aliphatic carbocycles. The molecule has 2 aromatic carbocycles. The SMILES string of the molecule is COc1cccc(COc2c(C)cc(Br)cc2N)c1F. The summed E-state index contributed by atoms with van der Waals surface area (Å²) in [4.78, 5) is 0. The van der Waals surface area contributed by atoms with Crippen LogP contribution in [0.1, 0.15) is 11.1 Å². The van der Waals surface area contributed by atoms with Gasteiger partial charge in [-0.05, 0) is 30.7 Å². The number of rotatable bonds is 4. The van der Waals surface area contributed by atoms with Gasteiger partial charge in [0.2, 0.25) is 0 Å². The molecule has 2 N–H and O–H groups in total. The van der Waals surface area contributed by atoms with Crippen LogP contribution in [0, 0.1) is 12.7 Å². The Balaban J connectivity index is 2.21. The fraction of sp³-hybridized carbons (Fsp3) is 0.200. The van der Waals surface area contributed by atoms with E-state index >= 15 is 0 Å². The Bertz CT molecular complexity index is 608. The van der Waals surface area contributed by atoms with E-state index in [0.717, 1.165) is 10.0 Å².